The smallest absolute Gasteiger partial charge is 0.342 e. The number of aliphatic hydroxyl groups excluding tert-OH is 1. The van der Waals surface area contributed by atoms with Crippen LogP contribution < -0.4 is 0 Å². The Morgan fingerprint density at radius 2 is 2.00 bits per heavy atom. The van der Waals surface area contributed by atoms with E-state index in [0.29, 0.717) is 25.7 Å². The molecular formula is C20H24O7. The van der Waals surface area contributed by atoms with Gasteiger partial charge in [-0.25, -0.2) is 4.79 Å². The fourth-order valence-corrected chi connectivity index (χ4v) is 6.55. The topological polar surface area (TPSA) is 106 Å². The number of aliphatic hydroxyl groups is 2. The maximum absolute atomic E-state index is 12.8. The lowest BCUT2D eigenvalue weighted by molar-refractivity contribution is -0.242. The first-order valence-electron chi connectivity index (χ1n) is 9.56. The fourth-order valence-electron chi connectivity index (χ4n) is 6.55. The van der Waals surface area contributed by atoms with Crippen molar-refractivity contribution < 1.29 is 33.7 Å². The van der Waals surface area contributed by atoms with E-state index in [0.717, 1.165) is 5.56 Å². The minimum absolute atomic E-state index is 0.157. The number of hydrogen-bond donors (Lipinski definition) is 2. The average molecular weight is 376 g/mol. The molecule has 2 saturated heterocycles. The number of cyclic esters (lactones) is 1. The van der Waals surface area contributed by atoms with Gasteiger partial charge >= 0.3 is 11.9 Å². The Bertz CT molecular complexity index is 803. The monoisotopic (exact) mass is 376 g/mol. The van der Waals surface area contributed by atoms with Gasteiger partial charge < -0.3 is 24.1 Å². The minimum Gasteiger partial charge on any atom is -0.472 e. The summed E-state index contributed by atoms with van der Waals surface area (Å²) < 4.78 is 16.2. The van der Waals surface area contributed by atoms with Crippen LogP contribution in [0.5, 0.6) is 0 Å². The van der Waals surface area contributed by atoms with Crippen molar-refractivity contribution in [2.75, 3.05) is 0 Å². The number of carbonyl (C=O) groups is 2. The fraction of sp³-hybridized carbons (Fsp3) is 0.700. The Kier molecular flexibility index (Phi) is 3.29. The highest BCUT2D eigenvalue weighted by Crippen LogP contribution is 2.68. The summed E-state index contributed by atoms with van der Waals surface area (Å²) in [5, 5.41) is 21.9. The van der Waals surface area contributed by atoms with Crippen LogP contribution in [-0.4, -0.2) is 40.0 Å². The maximum Gasteiger partial charge on any atom is 0.342 e. The molecule has 5 rings (SSSR count). The summed E-state index contributed by atoms with van der Waals surface area (Å²) in [5.41, 5.74) is -2.47. The van der Waals surface area contributed by atoms with Crippen LogP contribution in [0.2, 0.25) is 0 Å². The second kappa shape index (κ2) is 5.14. The summed E-state index contributed by atoms with van der Waals surface area (Å²) in [6, 6.07) is 1.79. The van der Waals surface area contributed by atoms with Gasteiger partial charge in [-0.15, -0.1) is 0 Å². The van der Waals surface area contributed by atoms with Gasteiger partial charge in [0, 0.05) is 11.0 Å². The van der Waals surface area contributed by atoms with Crippen molar-refractivity contribution in [2.24, 2.45) is 22.7 Å². The van der Waals surface area contributed by atoms with E-state index in [4.69, 9.17) is 13.9 Å². The van der Waals surface area contributed by atoms with Gasteiger partial charge in [-0.3, -0.25) is 4.79 Å². The van der Waals surface area contributed by atoms with E-state index in [-0.39, 0.29) is 17.8 Å². The summed E-state index contributed by atoms with van der Waals surface area (Å²) >= 11 is 0. The highest BCUT2D eigenvalue weighted by Gasteiger charge is 2.76. The molecule has 0 aromatic carbocycles. The first kappa shape index (κ1) is 17.3. The predicted octanol–water partition coefficient (Wildman–Crippen LogP) is 1.73. The number of carbonyl (C=O) groups excluding carboxylic acids is 2. The molecule has 27 heavy (non-hydrogen) atoms. The van der Waals surface area contributed by atoms with Crippen LogP contribution in [-0.2, 0) is 19.1 Å². The number of ether oxygens (including phenoxy) is 2. The normalized spacial score (nSPS) is 51.2. The molecule has 4 aliphatic rings. The van der Waals surface area contributed by atoms with Crippen LogP contribution in [0, 0.1) is 22.7 Å². The molecular weight excluding hydrogens is 352 g/mol. The zero-order chi connectivity index (χ0) is 19.2. The van der Waals surface area contributed by atoms with Gasteiger partial charge in [0.2, 0.25) is 0 Å². The SMILES string of the molecule is C[C@]12C[C@@H](c3ccoc3)OC(=O)[C@H]1CC[C@]1(C)[C@H]2C[C@@H]2OC(=O)[C@@]1(O)[C@@H]2O. The zero-order valence-electron chi connectivity index (χ0n) is 15.4. The third-order valence-corrected chi connectivity index (χ3v) is 8.09. The van der Waals surface area contributed by atoms with Crippen LogP contribution in [0.3, 0.4) is 0 Å². The Morgan fingerprint density at radius 1 is 1.22 bits per heavy atom. The van der Waals surface area contributed by atoms with Gasteiger partial charge in [-0.05, 0) is 43.1 Å². The van der Waals surface area contributed by atoms with Crippen LogP contribution >= 0.6 is 0 Å². The second-order valence-corrected chi connectivity index (χ2v) is 9.14. The largest absolute Gasteiger partial charge is 0.472 e. The Morgan fingerprint density at radius 3 is 2.70 bits per heavy atom. The highest BCUT2D eigenvalue weighted by molar-refractivity contribution is 5.85. The van der Waals surface area contributed by atoms with Gasteiger partial charge in [-0.2, -0.15) is 0 Å². The van der Waals surface area contributed by atoms with Gasteiger partial charge in [0.05, 0.1) is 18.4 Å². The van der Waals surface area contributed by atoms with Crippen molar-refractivity contribution in [3.8, 4) is 0 Å². The van der Waals surface area contributed by atoms with E-state index in [2.05, 4.69) is 6.92 Å². The molecule has 0 amide bonds. The molecule has 0 spiro atoms. The van der Waals surface area contributed by atoms with Crippen molar-refractivity contribution >= 4 is 11.9 Å². The lowest BCUT2D eigenvalue weighted by Gasteiger charge is -2.62. The van der Waals surface area contributed by atoms with E-state index in [1.54, 1.807) is 18.6 Å². The van der Waals surface area contributed by atoms with Gasteiger partial charge in [0.15, 0.2) is 5.60 Å². The Balaban J connectivity index is 1.59. The quantitative estimate of drug-likeness (QED) is 0.719. The van der Waals surface area contributed by atoms with Crippen molar-refractivity contribution in [1.29, 1.82) is 0 Å². The van der Waals surface area contributed by atoms with E-state index >= 15 is 0 Å². The lowest BCUT2D eigenvalue weighted by Crippen LogP contribution is -2.69. The van der Waals surface area contributed by atoms with Gasteiger partial charge in [0.1, 0.15) is 18.3 Å². The molecule has 2 aliphatic carbocycles. The first-order chi connectivity index (χ1) is 12.7. The molecule has 1 aromatic rings. The van der Waals surface area contributed by atoms with Crippen LogP contribution in [0.25, 0.3) is 0 Å². The van der Waals surface area contributed by atoms with Crippen LogP contribution in [0.1, 0.15) is 51.2 Å². The second-order valence-electron chi connectivity index (χ2n) is 9.14. The summed E-state index contributed by atoms with van der Waals surface area (Å²) in [7, 11) is 0. The summed E-state index contributed by atoms with van der Waals surface area (Å²) in [6.07, 6.45) is 2.73. The van der Waals surface area contributed by atoms with Crippen molar-refractivity contribution in [1.82, 2.24) is 0 Å². The summed E-state index contributed by atoms with van der Waals surface area (Å²) in [5.74, 6) is -1.44. The molecule has 2 saturated carbocycles. The number of esters is 2. The Labute approximate surface area is 156 Å². The van der Waals surface area contributed by atoms with E-state index in [1.165, 1.54) is 0 Å². The van der Waals surface area contributed by atoms with E-state index in [1.807, 2.05) is 6.92 Å². The van der Waals surface area contributed by atoms with E-state index in [9.17, 15) is 19.8 Å². The number of fused-ring (bicyclic) bond motifs is 6. The van der Waals surface area contributed by atoms with Crippen LogP contribution in [0.4, 0.5) is 0 Å². The predicted molar refractivity (Wildman–Crippen MR) is 90.0 cm³/mol. The molecule has 2 aliphatic heterocycles. The standard InChI is InChI=1S/C20H24O7/c1-18-8-13(10-4-6-25-9-10)26-16(22)11(18)3-5-19(2)14(18)7-12-15(21)20(19,24)17(23)27-12/h4,6,9,11-15,21,24H,3,5,7-8H2,1-2H3/t11-,12+,13+,14+,15-,18+,19-,20+/m1/s1. The van der Waals surface area contributed by atoms with Crippen molar-refractivity contribution in [2.45, 2.75) is 63.4 Å². The van der Waals surface area contributed by atoms with E-state index < -0.39 is 40.7 Å². The molecule has 7 heteroatoms. The van der Waals surface area contributed by atoms with Crippen molar-refractivity contribution in [3.63, 3.8) is 0 Å². The number of hydrogen-bond acceptors (Lipinski definition) is 7. The zero-order valence-corrected chi connectivity index (χ0v) is 15.4. The average Bonchev–Trinajstić information content (AvgIpc) is 3.19. The molecule has 0 unspecified atom stereocenters. The molecule has 146 valence electrons. The third-order valence-electron chi connectivity index (χ3n) is 8.09. The summed E-state index contributed by atoms with van der Waals surface area (Å²) in [6.45, 7) is 3.91. The maximum atomic E-state index is 12.8. The minimum atomic E-state index is -1.93. The molecule has 1 aromatic heterocycles. The number of furan rings is 1. The molecule has 8 atom stereocenters. The number of rotatable bonds is 1. The molecule has 0 radical (unpaired) electrons. The molecule has 2 bridgehead atoms. The van der Waals surface area contributed by atoms with Gasteiger partial charge in [0.25, 0.3) is 0 Å². The lowest BCUT2D eigenvalue weighted by atomic mass is 9.42. The van der Waals surface area contributed by atoms with Gasteiger partial charge in [-0.1, -0.05) is 13.8 Å². The van der Waals surface area contributed by atoms with Crippen molar-refractivity contribution in [3.05, 3.63) is 24.2 Å². The summed E-state index contributed by atoms with van der Waals surface area (Å²) in [4.78, 5) is 25.3. The Hall–Kier alpha value is -1.86. The highest BCUT2D eigenvalue weighted by atomic mass is 16.6. The first-order valence-corrected chi connectivity index (χ1v) is 9.56. The molecule has 2 N–H and O–H groups in total. The van der Waals surface area contributed by atoms with Crippen LogP contribution in [0.15, 0.2) is 23.0 Å². The molecule has 4 fully saturated rings. The molecule has 7 nitrogen and oxygen atoms in total. The molecule has 3 heterocycles. The third kappa shape index (κ3) is 1.89.